The Balaban J connectivity index is 1.98. The molecule has 0 radical (unpaired) electrons. The lowest BCUT2D eigenvalue weighted by Gasteiger charge is -2.11. The molecule has 0 saturated heterocycles. The number of hydrogen-bond donors (Lipinski definition) is 1. The molecule has 1 aromatic heterocycles. The van der Waals surface area contributed by atoms with Crippen LogP contribution in [0.15, 0.2) is 29.6 Å². The number of carbonyl (C=O) groups is 2. The smallest absolute Gasteiger partial charge is 0.350 e. The number of aryl methyl sites for hydroxylation is 1. The molecule has 0 spiro atoms. The van der Waals surface area contributed by atoms with Crippen LogP contribution in [0.2, 0.25) is 0 Å². The summed E-state index contributed by atoms with van der Waals surface area (Å²) in [6, 6.07) is 7.34. The van der Waals surface area contributed by atoms with Crippen LogP contribution < -0.4 is 10.1 Å². The number of nitrogens with one attached hydrogen (secondary N) is 1. The Bertz CT molecular complexity index is 693. The number of benzene rings is 1. The highest BCUT2D eigenvalue weighted by Gasteiger charge is 2.16. The van der Waals surface area contributed by atoms with Gasteiger partial charge in [0.2, 0.25) is 0 Å². The Labute approximate surface area is 132 Å². The summed E-state index contributed by atoms with van der Waals surface area (Å²) in [6.45, 7) is 3.80. The van der Waals surface area contributed by atoms with Crippen LogP contribution >= 0.6 is 11.3 Å². The molecule has 0 bridgehead atoms. The molecule has 1 amide bonds. The molecule has 0 saturated carbocycles. The summed E-state index contributed by atoms with van der Waals surface area (Å²) in [5.74, 6) is -0.126. The van der Waals surface area contributed by atoms with Crippen molar-refractivity contribution in [2.75, 3.05) is 19.0 Å². The van der Waals surface area contributed by atoms with Crippen LogP contribution in [-0.2, 0) is 9.53 Å². The molecule has 1 N–H and O–H groups in total. The number of esters is 1. The molecule has 116 valence electrons. The van der Waals surface area contributed by atoms with Crippen molar-refractivity contribution < 1.29 is 19.1 Å². The van der Waals surface area contributed by atoms with Crippen molar-refractivity contribution in [3.05, 3.63) is 45.6 Å². The third-order valence-corrected chi connectivity index (χ3v) is 4.12. The van der Waals surface area contributed by atoms with Crippen LogP contribution in [0.4, 0.5) is 5.69 Å². The fourth-order valence-corrected chi connectivity index (χ4v) is 2.63. The summed E-state index contributed by atoms with van der Waals surface area (Å²) in [6.07, 6.45) is 0. The summed E-state index contributed by atoms with van der Waals surface area (Å²) in [5, 5.41) is 4.37. The second kappa shape index (κ2) is 7.09. The highest BCUT2D eigenvalue weighted by molar-refractivity contribution is 7.12. The molecule has 2 aromatic rings. The van der Waals surface area contributed by atoms with Gasteiger partial charge in [-0.1, -0.05) is 12.1 Å². The molecule has 1 heterocycles. The van der Waals surface area contributed by atoms with E-state index in [1.807, 2.05) is 32.0 Å². The first-order chi connectivity index (χ1) is 10.5. The zero-order valence-electron chi connectivity index (χ0n) is 12.6. The average Bonchev–Trinajstić information content (AvgIpc) is 2.96. The maximum absolute atomic E-state index is 12.0. The predicted octanol–water partition coefficient (Wildman–Crippen LogP) is 3.17. The van der Waals surface area contributed by atoms with Crippen LogP contribution in [0.25, 0.3) is 0 Å². The summed E-state index contributed by atoms with van der Waals surface area (Å²) in [4.78, 5) is 23.9. The zero-order valence-corrected chi connectivity index (χ0v) is 13.5. The number of amides is 1. The molecule has 22 heavy (non-hydrogen) atoms. The van der Waals surface area contributed by atoms with Gasteiger partial charge in [0, 0.05) is 0 Å². The van der Waals surface area contributed by atoms with Crippen molar-refractivity contribution in [2.45, 2.75) is 13.8 Å². The van der Waals surface area contributed by atoms with Gasteiger partial charge in [0.15, 0.2) is 6.61 Å². The molecule has 0 aliphatic rings. The van der Waals surface area contributed by atoms with Gasteiger partial charge < -0.3 is 14.8 Å². The van der Waals surface area contributed by atoms with Crippen LogP contribution in [0.5, 0.6) is 5.75 Å². The monoisotopic (exact) mass is 319 g/mol. The number of carbonyl (C=O) groups excluding carboxylic acids is 2. The Morgan fingerprint density at radius 2 is 2.00 bits per heavy atom. The summed E-state index contributed by atoms with van der Waals surface area (Å²) < 4.78 is 10.2. The van der Waals surface area contributed by atoms with E-state index in [9.17, 15) is 9.59 Å². The topological polar surface area (TPSA) is 64.6 Å². The van der Waals surface area contributed by atoms with Crippen LogP contribution in [-0.4, -0.2) is 25.6 Å². The normalized spacial score (nSPS) is 10.1. The molecule has 5 nitrogen and oxygen atoms in total. The fourth-order valence-electron chi connectivity index (χ4n) is 1.87. The SMILES string of the molecule is COC(=O)c1sccc1NC(=O)COc1cccc(C)c1C. The third-order valence-electron chi connectivity index (χ3n) is 3.22. The minimum absolute atomic E-state index is 0.124. The van der Waals surface area contributed by atoms with Gasteiger partial charge in [0.1, 0.15) is 10.6 Å². The van der Waals surface area contributed by atoms with Gasteiger partial charge in [0.25, 0.3) is 5.91 Å². The van der Waals surface area contributed by atoms with Gasteiger partial charge in [-0.25, -0.2) is 4.79 Å². The van der Waals surface area contributed by atoms with Crippen LogP contribution in [0, 0.1) is 13.8 Å². The number of rotatable bonds is 5. The number of hydrogen-bond acceptors (Lipinski definition) is 5. The Morgan fingerprint density at radius 1 is 1.23 bits per heavy atom. The second-order valence-corrected chi connectivity index (χ2v) is 5.61. The molecular weight excluding hydrogens is 302 g/mol. The van der Waals surface area contributed by atoms with Gasteiger partial charge in [-0.3, -0.25) is 4.79 Å². The molecule has 0 unspecified atom stereocenters. The van der Waals surface area contributed by atoms with Crippen molar-refractivity contribution >= 4 is 28.9 Å². The highest BCUT2D eigenvalue weighted by Crippen LogP contribution is 2.23. The zero-order chi connectivity index (χ0) is 16.1. The molecule has 0 aliphatic heterocycles. The van der Waals surface area contributed by atoms with E-state index < -0.39 is 5.97 Å². The van der Waals surface area contributed by atoms with Gasteiger partial charge >= 0.3 is 5.97 Å². The standard InChI is InChI=1S/C16H17NO4S/c1-10-5-4-6-13(11(10)2)21-9-14(18)17-12-7-8-22-15(12)16(19)20-3/h4-8H,9H2,1-3H3,(H,17,18). The predicted molar refractivity (Wildman–Crippen MR) is 85.7 cm³/mol. The summed E-state index contributed by atoms with van der Waals surface area (Å²) in [7, 11) is 1.30. The average molecular weight is 319 g/mol. The Kier molecular flexibility index (Phi) is 5.16. The second-order valence-electron chi connectivity index (χ2n) is 4.69. The quantitative estimate of drug-likeness (QED) is 0.860. The number of ether oxygens (including phenoxy) is 2. The molecule has 1 aromatic carbocycles. The first-order valence-electron chi connectivity index (χ1n) is 6.67. The van der Waals surface area contributed by atoms with E-state index in [-0.39, 0.29) is 12.5 Å². The Morgan fingerprint density at radius 3 is 2.73 bits per heavy atom. The maximum Gasteiger partial charge on any atom is 0.350 e. The van der Waals surface area contributed by atoms with Crippen molar-refractivity contribution in [3.8, 4) is 5.75 Å². The minimum atomic E-state index is -0.472. The Hall–Kier alpha value is -2.34. The van der Waals surface area contributed by atoms with E-state index in [1.54, 1.807) is 11.4 Å². The van der Waals surface area contributed by atoms with Gasteiger partial charge in [-0.2, -0.15) is 0 Å². The van der Waals surface area contributed by atoms with Crippen molar-refractivity contribution in [2.24, 2.45) is 0 Å². The first kappa shape index (κ1) is 16.0. The molecule has 2 rings (SSSR count). The molecular formula is C16H17NO4S. The van der Waals surface area contributed by atoms with E-state index in [0.717, 1.165) is 11.1 Å². The highest BCUT2D eigenvalue weighted by atomic mass is 32.1. The van der Waals surface area contributed by atoms with Gasteiger partial charge in [-0.05, 0) is 42.5 Å². The van der Waals surface area contributed by atoms with Crippen molar-refractivity contribution in [1.29, 1.82) is 0 Å². The maximum atomic E-state index is 12.0. The minimum Gasteiger partial charge on any atom is -0.483 e. The number of anilines is 1. The van der Waals surface area contributed by atoms with Crippen molar-refractivity contribution in [3.63, 3.8) is 0 Å². The van der Waals surface area contributed by atoms with E-state index in [2.05, 4.69) is 10.1 Å². The molecule has 6 heteroatoms. The largest absolute Gasteiger partial charge is 0.483 e. The van der Waals surface area contributed by atoms with Gasteiger partial charge in [0.05, 0.1) is 12.8 Å². The number of thiophene rings is 1. The lowest BCUT2D eigenvalue weighted by Crippen LogP contribution is -2.21. The number of methoxy groups -OCH3 is 1. The van der Waals surface area contributed by atoms with Crippen molar-refractivity contribution in [1.82, 2.24) is 0 Å². The first-order valence-corrected chi connectivity index (χ1v) is 7.55. The van der Waals surface area contributed by atoms with Gasteiger partial charge in [-0.15, -0.1) is 11.3 Å². The van der Waals surface area contributed by atoms with E-state index in [1.165, 1.54) is 18.4 Å². The van der Waals surface area contributed by atoms with E-state index in [4.69, 9.17) is 4.74 Å². The fraction of sp³-hybridized carbons (Fsp3) is 0.250. The molecule has 0 aliphatic carbocycles. The molecule has 0 atom stereocenters. The molecule has 0 fully saturated rings. The summed E-state index contributed by atoms with van der Waals surface area (Å²) in [5.41, 5.74) is 2.54. The summed E-state index contributed by atoms with van der Waals surface area (Å²) >= 11 is 1.21. The lowest BCUT2D eigenvalue weighted by molar-refractivity contribution is -0.118. The van der Waals surface area contributed by atoms with E-state index >= 15 is 0 Å². The third kappa shape index (κ3) is 3.65. The lowest BCUT2D eigenvalue weighted by atomic mass is 10.1. The van der Waals surface area contributed by atoms with Crippen LogP contribution in [0.3, 0.4) is 0 Å². The van der Waals surface area contributed by atoms with Crippen LogP contribution in [0.1, 0.15) is 20.8 Å². The van der Waals surface area contributed by atoms with E-state index in [0.29, 0.717) is 16.3 Å².